The first kappa shape index (κ1) is 22.7. The van der Waals surface area contributed by atoms with Crippen LogP contribution in [0.5, 0.6) is 5.75 Å². The summed E-state index contributed by atoms with van der Waals surface area (Å²) in [7, 11) is 1.70. The molecule has 0 fully saturated rings. The van der Waals surface area contributed by atoms with Gasteiger partial charge in [-0.25, -0.2) is 4.99 Å². The van der Waals surface area contributed by atoms with E-state index in [2.05, 4.69) is 46.4 Å². The SMILES string of the molecule is CCNC(=NCc1cccc(OCCCOC)c1)NCCCn1nc(C)cc1C. The second-order valence-electron chi connectivity index (χ2n) is 6.97. The topological polar surface area (TPSA) is 72.7 Å². The van der Waals surface area contributed by atoms with Crippen LogP contribution in [-0.2, 0) is 17.8 Å². The van der Waals surface area contributed by atoms with E-state index in [9.17, 15) is 0 Å². The monoisotopic (exact) mass is 401 g/mol. The number of aromatic nitrogens is 2. The third-order valence-electron chi connectivity index (χ3n) is 4.37. The maximum atomic E-state index is 5.77. The lowest BCUT2D eigenvalue weighted by Gasteiger charge is -2.12. The molecule has 160 valence electrons. The number of benzene rings is 1. The second-order valence-corrected chi connectivity index (χ2v) is 6.97. The van der Waals surface area contributed by atoms with Gasteiger partial charge in [-0.3, -0.25) is 4.68 Å². The Labute approximate surface area is 174 Å². The zero-order chi connectivity index (χ0) is 20.9. The van der Waals surface area contributed by atoms with E-state index in [1.54, 1.807) is 7.11 Å². The van der Waals surface area contributed by atoms with Gasteiger partial charge < -0.3 is 20.1 Å². The molecule has 0 radical (unpaired) electrons. The van der Waals surface area contributed by atoms with Gasteiger partial charge in [-0.2, -0.15) is 5.10 Å². The summed E-state index contributed by atoms with van der Waals surface area (Å²) >= 11 is 0. The fourth-order valence-corrected chi connectivity index (χ4v) is 2.98. The predicted molar refractivity (Wildman–Crippen MR) is 118 cm³/mol. The highest BCUT2D eigenvalue weighted by atomic mass is 16.5. The Morgan fingerprint density at radius 2 is 2.00 bits per heavy atom. The first-order valence-electron chi connectivity index (χ1n) is 10.4. The minimum Gasteiger partial charge on any atom is -0.493 e. The Morgan fingerprint density at radius 3 is 2.72 bits per heavy atom. The van der Waals surface area contributed by atoms with Gasteiger partial charge in [-0.15, -0.1) is 0 Å². The third kappa shape index (κ3) is 8.56. The fourth-order valence-electron chi connectivity index (χ4n) is 2.98. The fraction of sp³-hybridized carbons (Fsp3) is 0.545. The molecule has 0 aliphatic carbocycles. The standard InChI is InChI=1S/C22H35N5O2/c1-5-23-22(24-11-7-12-27-19(3)15-18(2)26-27)25-17-20-9-6-10-21(16-20)29-14-8-13-28-4/h6,9-10,15-16H,5,7-8,11-14,17H2,1-4H3,(H2,23,24,25). The quantitative estimate of drug-likeness (QED) is 0.325. The van der Waals surface area contributed by atoms with Gasteiger partial charge in [0, 0.05) is 45.5 Å². The number of guanidine groups is 1. The summed E-state index contributed by atoms with van der Waals surface area (Å²) in [5.74, 6) is 1.70. The maximum absolute atomic E-state index is 5.77. The van der Waals surface area contributed by atoms with Crippen LogP contribution >= 0.6 is 0 Å². The Balaban J connectivity index is 1.81. The highest BCUT2D eigenvalue weighted by molar-refractivity contribution is 5.79. The lowest BCUT2D eigenvalue weighted by molar-refractivity contribution is 0.172. The summed E-state index contributed by atoms with van der Waals surface area (Å²) in [4.78, 5) is 4.70. The predicted octanol–water partition coefficient (Wildman–Crippen LogP) is 3.06. The van der Waals surface area contributed by atoms with Crippen molar-refractivity contribution < 1.29 is 9.47 Å². The van der Waals surface area contributed by atoms with Crippen molar-refractivity contribution >= 4 is 5.96 Å². The van der Waals surface area contributed by atoms with Crippen LogP contribution in [-0.4, -0.2) is 49.2 Å². The molecule has 0 saturated heterocycles. The number of nitrogens with one attached hydrogen (secondary N) is 2. The minimum atomic E-state index is 0.599. The maximum Gasteiger partial charge on any atom is 0.191 e. The van der Waals surface area contributed by atoms with Crippen LogP contribution in [0, 0.1) is 13.8 Å². The van der Waals surface area contributed by atoms with Crippen molar-refractivity contribution in [1.29, 1.82) is 0 Å². The summed E-state index contributed by atoms with van der Waals surface area (Å²) < 4.78 is 12.9. The van der Waals surface area contributed by atoms with Gasteiger partial charge in [-0.1, -0.05) is 12.1 Å². The molecule has 7 heteroatoms. The molecule has 0 bridgehead atoms. The average molecular weight is 402 g/mol. The van der Waals surface area contributed by atoms with E-state index in [0.717, 1.165) is 55.4 Å². The molecule has 2 N–H and O–H groups in total. The van der Waals surface area contributed by atoms with E-state index in [4.69, 9.17) is 14.5 Å². The zero-order valence-electron chi connectivity index (χ0n) is 18.2. The van der Waals surface area contributed by atoms with Gasteiger partial charge in [0.25, 0.3) is 0 Å². The van der Waals surface area contributed by atoms with Crippen LogP contribution in [0.1, 0.15) is 36.7 Å². The Bertz CT molecular complexity index is 757. The van der Waals surface area contributed by atoms with Crippen LogP contribution in [0.4, 0.5) is 0 Å². The van der Waals surface area contributed by atoms with Gasteiger partial charge in [0.2, 0.25) is 0 Å². The van der Waals surface area contributed by atoms with E-state index in [0.29, 0.717) is 19.8 Å². The summed E-state index contributed by atoms with van der Waals surface area (Å²) in [5, 5.41) is 11.2. The summed E-state index contributed by atoms with van der Waals surface area (Å²) in [6.45, 7) is 10.7. The number of ether oxygens (including phenoxy) is 2. The van der Waals surface area contributed by atoms with Gasteiger partial charge >= 0.3 is 0 Å². The molecule has 0 atom stereocenters. The van der Waals surface area contributed by atoms with Crippen molar-refractivity contribution in [3.63, 3.8) is 0 Å². The number of aliphatic imine (C=N–C) groups is 1. The molecule has 0 aliphatic rings. The number of rotatable bonds is 12. The summed E-state index contributed by atoms with van der Waals surface area (Å²) in [5.41, 5.74) is 3.39. The molecule has 1 aromatic heterocycles. The molecule has 0 unspecified atom stereocenters. The number of methoxy groups -OCH3 is 1. The normalized spacial score (nSPS) is 11.5. The molecule has 0 aliphatic heterocycles. The van der Waals surface area contributed by atoms with Crippen LogP contribution in [0.3, 0.4) is 0 Å². The van der Waals surface area contributed by atoms with Crippen molar-refractivity contribution in [2.45, 2.75) is 46.7 Å². The molecule has 0 saturated carbocycles. The molecular weight excluding hydrogens is 366 g/mol. The first-order chi connectivity index (χ1) is 14.1. The molecular formula is C22H35N5O2. The first-order valence-corrected chi connectivity index (χ1v) is 10.4. The molecule has 1 aromatic carbocycles. The smallest absolute Gasteiger partial charge is 0.191 e. The lowest BCUT2D eigenvalue weighted by Crippen LogP contribution is -2.38. The summed E-state index contributed by atoms with van der Waals surface area (Å²) in [6, 6.07) is 10.2. The van der Waals surface area contributed by atoms with Crippen molar-refractivity contribution in [2.24, 2.45) is 4.99 Å². The Hall–Kier alpha value is -2.54. The second kappa shape index (κ2) is 12.8. The summed E-state index contributed by atoms with van der Waals surface area (Å²) in [6.07, 6.45) is 1.86. The molecule has 7 nitrogen and oxygen atoms in total. The zero-order valence-corrected chi connectivity index (χ0v) is 18.2. The van der Waals surface area contributed by atoms with E-state index in [1.807, 2.05) is 25.1 Å². The molecule has 2 rings (SSSR count). The van der Waals surface area contributed by atoms with Crippen LogP contribution in [0.2, 0.25) is 0 Å². The highest BCUT2D eigenvalue weighted by Crippen LogP contribution is 2.14. The van der Waals surface area contributed by atoms with Crippen molar-refractivity contribution in [3.05, 3.63) is 47.3 Å². The van der Waals surface area contributed by atoms with Gasteiger partial charge in [0.05, 0.1) is 18.8 Å². The average Bonchev–Trinajstić information content (AvgIpc) is 3.04. The number of aryl methyl sites for hydroxylation is 3. The van der Waals surface area contributed by atoms with Crippen LogP contribution in [0.25, 0.3) is 0 Å². The van der Waals surface area contributed by atoms with E-state index in [1.165, 1.54) is 5.69 Å². The molecule has 2 aromatic rings. The number of hydrogen-bond donors (Lipinski definition) is 2. The largest absolute Gasteiger partial charge is 0.493 e. The molecule has 0 amide bonds. The molecule has 1 heterocycles. The Kier molecular flexibility index (Phi) is 10.1. The molecule has 0 spiro atoms. The van der Waals surface area contributed by atoms with Gasteiger partial charge in [-0.05, 0) is 51.0 Å². The van der Waals surface area contributed by atoms with Gasteiger partial charge in [0.1, 0.15) is 5.75 Å². The number of hydrogen-bond acceptors (Lipinski definition) is 4. The molecule has 29 heavy (non-hydrogen) atoms. The van der Waals surface area contributed by atoms with E-state index < -0.39 is 0 Å². The minimum absolute atomic E-state index is 0.599. The van der Waals surface area contributed by atoms with E-state index >= 15 is 0 Å². The van der Waals surface area contributed by atoms with Crippen molar-refractivity contribution in [1.82, 2.24) is 20.4 Å². The van der Waals surface area contributed by atoms with E-state index in [-0.39, 0.29) is 0 Å². The third-order valence-corrected chi connectivity index (χ3v) is 4.37. The highest BCUT2D eigenvalue weighted by Gasteiger charge is 2.02. The van der Waals surface area contributed by atoms with Crippen LogP contribution < -0.4 is 15.4 Å². The lowest BCUT2D eigenvalue weighted by atomic mass is 10.2. The number of nitrogens with zero attached hydrogens (tertiary/aromatic N) is 3. The van der Waals surface area contributed by atoms with Crippen molar-refractivity contribution in [2.75, 3.05) is 33.4 Å². The van der Waals surface area contributed by atoms with Gasteiger partial charge in [0.15, 0.2) is 5.96 Å². The van der Waals surface area contributed by atoms with Crippen molar-refractivity contribution in [3.8, 4) is 5.75 Å². The Morgan fingerprint density at radius 1 is 1.14 bits per heavy atom. The van der Waals surface area contributed by atoms with Crippen LogP contribution in [0.15, 0.2) is 35.3 Å².